The van der Waals surface area contributed by atoms with Gasteiger partial charge in [-0.2, -0.15) is 0 Å². The highest BCUT2D eigenvalue weighted by Crippen LogP contribution is 2.49. The van der Waals surface area contributed by atoms with E-state index in [1.165, 1.54) is 0 Å². The highest BCUT2D eigenvalue weighted by atomic mass is 16.6. The third kappa shape index (κ3) is 4.89. The number of primary amides is 1. The Morgan fingerprint density at radius 1 is 1.14 bits per heavy atom. The first kappa shape index (κ1) is 21.1. The van der Waals surface area contributed by atoms with Crippen LogP contribution in [0.4, 0.5) is 4.79 Å². The van der Waals surface area contributed by atoms with Crippen LogP contribution in [0.2, 0.25) is 0 Å². The predicted molar refractivity (Wildman–Crippen MR) is 109 cm³/mol. The number of rotatable bonds is 4. The molecule has 2 aliphatic rings. The van der Waals surface area contributed by atoms with Gasteiger partial charge in [-0.3, -0.25) is 9.59 Å². The lowest BCUT2D eigenvalue weighted by Gasteiger charge is -2.41. The van der Waals surface area contributed by atoms with Gasteiger partial charge in [0.1, 0.15) is 5.60 Å². The Morgan fingerprint density at radius 2 is 1.79 bits per heavy atom. The van der Waals surface area contributed by atoms with E-state index < -0.39 is 11.5 Å². The summed E-state index contributed by atoms with van der Waals surface area (Å²) in [5.41, 5.74) is 6.30. The Balaban J connectivity index is 1.60. The van der Waals surface area contributed by atoms with Gasteiger partial charge in [-0.1, -0.05) is 19.1 Å². The molecule has 1 aliphatic carbocycles. The van der Waals surface area contributed by atoms with Gasteiger partial charge in [-0.05, 0) is 57.2 Å². The molecule has 0 bridgehead atoms. The Bertz CT molecular complexity index is 784. The van der Waals surface area contributed by atoms with Crippen LogP contribution in [0.1, 0.15) is 62.4 Å². The molecule has 1 saturated heterocycles. The molecular formula is C22H31N3O4. The topological polar surface area (TPSA) is 92.9 Å². The number of nitrogens with two attached hydrogens (primary N) is 1. The fourth-order valence-corrected chi connectivity index (χ4v) is 3.93. The molecule has 0 radical (unpaired) electrons. The average Bonchev–Trinajstić information content (AvgIpc) is 3.46. The monoisotopic (exact) mass is 401 g/mol. The van der Waals surface area contributed by atoms with E-state index >= 15 is 0 Å². The minimum absolute atomic E-state index is 0.00209. The number of ether oxygens (including phenoxy) is 1. The number of amides is 3. The maximum Gasteiger partial charge on any atom is 0.410 e. The third-order valence-corrected chi connectivity index (χ3v) is 5.62. The summed E-state index contributed by atoms with van der Waals surface area (Å²) < 4.78 is 5.48. The zero-order valence-electron chi connectivity index (χ0n) is 17.7. The van der Waals surface area contributed by atoms with Gasteiger partial charge >= 0.3 is 6.09 Å². The summed E-state index contributed by atoms with van der Waals surface area (Å²) in [5, 5.41) is 0. The van der Waals surface area contributed by atoms with Crippen molar-refractivity contribution in [3.63, 3.8) is 0 Å². The minimum Gasteiger partial charge on any atom is -0.444 e. The van der Waals surface area contributed by atoms with E-state index in [9.17, 15) is 14.4 Å². The molecule has 0 aromatic heterocycles. The lowest BCUT2D eigenvalue weighted by atomic mass is 10.0. The van der Waals surface area contributed by atoms with Crippen molar-refractivity contribution in [2.45, 2.75) is 58.1 Å². The SMILES string of the molecule is CC[C@H]1CN(C(=O)OC(C)(C)C)CCN1C(=O)[C@H]1C[C@@H]1c1ccc(C(N)=O)cc1. The highest BCUT2D eigenvalue weighted by molar-refractivity contribution is 5.92. The van der Waals surface area contributed by atoms with Crippen LogP contribution in [0, 0.1) is 5.92 Å². The standard InChI is InChI=1S/C22H31N3O4/c1-5-16-13-24(21(28)29-22(2,3)4)10-11-25(16)20(27)18-12-17(18)14-6-8-15(9-7-14)19(23)26/h6-9,16-18H,5,10-13H2,1-4H3,(H2,23,26)/t16-,17+,18-/m0/s1. The van der Waals surface area contributed by atoms with Crippen molar-refractivity contribution < 1.29 is 19.1 Å². The smallest absolute Gasteiger partial charge is 0.410 e. The molecule has 1 aliphatic heterocycles. The number of hydrogen-bond acceptors (Lipinski definition) is 4. The Labute approximate surface area is 172 Å². The lowest BCUT2D eigenvalue weighted by Crippen LogP contribution is -2.57. The van der Waals surface area contributed by atoms with E-state index in [0.29, 0.717) is 25.2 Å². The zero-order chi connectivity index (χ0) is 21.3. The van der Waals surface area contributed by atoms with E-state index in [1.54, 1.807) is 17.0 Å². The zero-order valence-corrected chi connectivity index (χ0v) is 17.7. The van der Waals surface area contributed by atoms with E-state index in [-0.39, 0.29) is 29.9 Å². The Kier molecular flexibility index (Phi) is 5.87. The first-order valence-electron chi connectivity index (χ1n) is 10.3. The molecule has 2 N–H and O–H groups in total. The van der Waals surface area contributed by atoms with Crippen molar-refractivity contribution in [1.82, 2.24) is 9.80 Å². The van der Waals surface area contributed by atoms with E-state index in [0.717, 1.165) is 18.4 Å². The molecule has 1 aromatic rings. The Hall–Kier alpha value is -2.57. The largest absolute Gasteiger partial charge is 0.444 e. The minimum atomic E-state index is -0.531. The molecule has 1 aromatic carbocycles. The second-order valence-electron chi connectivity index (χ2n) is 8.96. The molecule has 7 nitrogen and oxygen atoms in total. The highest BCUT2D eigenvalue weighted by Gasteiger charge is 2.47. The van der Waals surface area contributed by atoms with Crippen LogP contribution in [0.3, 0.4) is 0 Å². The summed E-state index contributed by atoms with van der Waals surface area (Å²) in [6.07, 6.45) is 1.29. The van der Waals surface area contributed by atoms with Crippen LogP contribution in [0.15, 0.2) is 24.3 Å². The summed E-state index contributed by atoms with van der Waals surface area (Å²) in [6.45, 7) is 9.11. The summed E-state index contributed by atoms with van der Waals surface area (Å²) in [5.74, 6) is -0.138. The second kappa shape index (κ2) is 8.05. The maximum atomic E-state index is 13.1. The van der Waals surface area contributed by atoms with Gasteiger partial charge < -0.3 is 20.3 Å². The molecule has 0 unspecified atom stereocenters. The van der Waals surface area contributed by atoms with Crippen molar-refractivity contribution in [2.24, 2.45) is 11.7 Å². The second-order valence-corrected chi connectivity index (χ2v) is 8.96. The number of carbonyl (C=O) groups is 3. The van der Waals surface area contributed by atoms with Gasteiger partial charge in [0.2, 0.25) is 11.8 Å². The van der Waals surface area contributed by atoms with Crippen LogP contribution < -0.4 is 5.73 Å². The fourth-order valence-electron chi connectivity index (χ4n) is 3.93. The summed E-state index contributed by atoms with van der Waals surface area (Å²) in [4.78, 5) is 40.3. The quantitative estimate of drug-likeness (QED) is 0.839. The van der Waals surface area contributed by atoms with Crippen molar-refractivity contribution in [3.05, 3.63) is 35.4 Å². The van der Waals surface area contributed by atoms with E-state index in [1.807, 2.05) is 44.7 Å². The third-order valence-electron chi connectivity index (χ3n) is 5.62. The van der Waals surface area contributed by atoms with Crippen LogP contribution in [-0.4, -0.2) is 59.0 Å². The van der Waals surface area contributed by atoms with Gasteiger partial charge in [-0.25, -0.2) is 4.79 Å². The van der Waals surface area contributed by atoms with Crippen molar-refractivity contribution in [3.8, 4) is 0 Å². The molecule has 158 valence electrons. The van der Waals surface area contributed by atoms with Gasteiger partial charge in [-0.15, -0.1) is 0 Å². The normalized spacial score (nSPS) is 24.2. The number of hydrogen-bond donors (Lipinski definition) is 1. The summed E-state index contributed by atoms with van der Waals surface area (Å²) >= 11 is 0. The molecule has 3 amide bonds. The van der Waals surface area contributed by atoms with Crippen LogP contribution in [0.25, 0.3) is 0 Å². The molecule has 1 saturated carbocycles. The van der Waals surface area contributed by atoms with Gasteiger partial charge in [0, 0.05) is 37.2 Å². The predicted octanol–water partition coefficient (Wildman–Crippen LogP) is 2.75. The number of benzene rings is 1. The number of piperazine rings is 1. The first-order chi connectivity index (χ1) is 13.6. The fraction of sp³-hybridized carbons (Fsp3) is 0.591. The molecule has 2 fully saturated rings. The van der Waals surface area contributed by atoms with Crippen molar-refractivity contribution in [1.29, 1.82) is 0 Å². The summed E-state index contributed by atoms with van der Waals surface area (Å²) in [7, 11) is 0. The molecule has 0 spiro atoms. The Morgan fingerprint density at radius 3 is 2.34 bits per heavy atom. The molecular weight excluding hydrogens is 370 g/mol. The van der Waals surface area contributed by atoms with Gasteiger partial charge in [0.25, 0.3) is 0 Å². The van der Waals surface area contributed by atoms with Crippen LogP contribution in [-0.2, 0) is 9.53 Å². The van der Waals surface area contributed by atoms with Crippen LogP contribution >= 0.6 is 0 Å². The van der Waals surface area contributed by atoms with E-state index in [4.69, 9.17) is 10.5 Å². The van der Waals surface area contributed by atoms with Gasteiger partial charge in [0.15, 0.2) is 0 Å². The molecule has 3 rings (SSSR count). The number of nitrogens with zero attached hydrogens (tertiary/aromatic N) is 2. The van der Waals surface area contributed by atoms with Gasteiger partial charge in [0.05, 0.1) is 0 Å². The summed E-state index contributed by atoms with van der Waals surface area (Å²) in [6, 6.07) is 7.20. The maximum absolute atomic E-state index is 13.1. The van der Waals surface area contributed by atoms with Crippen molar-refractivity contribution in [2.75, 3.05) is 19.6 Å². The van der Waals surface area contributed by atoms with Crippen LogP contribution in [0.5, 0.6) is 0 Å². The average molecular weight is 402 g/mol. The van der Waals surface area contributed by atoms with Crippen molar-refractivity contribution >= 4 is 17.9 Å². The first-order valence-corrected chi connectivity index (χ1v) is 10.3. The molecule has 7 heteroatoms. The molecule has 3 atom stereocenters. The number of carbonyl (C=O) groups excluding carboxylic acids is 3. The lowest BCUT2D eigenvalue weighted by molar-refractivity contribution is -0.137. The molecule has 29 heavy (non-hydrogen) atoms. The molecule has 1 heterocycles. The van der Waals surface area contributed by atoms with E-state index in [2.05, 4.69) is 0 Å².